The molecular weight excluding hydrogens is 294 g/mol. The first-order valence-corrected chi connectivity index (χ1v) is 8.47. The Morgan fingerprint density at radius 1 is 1.39 bits per heavy atom. The van der Waals surface area contributed by atoms with Crippen LogP contribution in [0.25, 0.3) is 0 Å². The van der Waals surface area contributed by atoms with Gasteiger partial charge < -0.3 is 0 Å². The molecule has 0 saturated heterocycles. The van der Waals surface area contributed by atoms with Crippen LogP contribution in [0.4, 0.5) is 4.39 Å². The van der Waals surface area contributed by atoms with Crippen LogP contribution in [0.1, 0.15) is 37.3 Å². The zero-order valence-electron chi connectivity index (χ0n) is 11.1. The summed E-state index contributed by atoms with van der Waals surface area (Å²) >= 11 is -0.753. The molecule has 0 amide bonds. The second kappa shape index (κ2) is 6.94. The van der Waals surface area contributed by atoms with Crippen LogP contribution >= 0.6 is 0 Å². The van der Waals surface area contributed by atoms with Gasteiger partial charge in [-0.05, 0) is 0 Å². The van der Waals surface area contributed by atoms with Crippen LogP contribution in [0.5, 0.6) is 0 Å². The van der Waals surface area contributed by atoms with Crippen LogP contribution in [0, 0.1) is 19.7 Å². The van der Waals surface area contributed by atoms with E-state index in [0.717, 1.165) is 23.6 Å². The third-order valence-electron chi connectivity index (χ3n) is 2.92. The van der Waals surface area contributed by atoms with Crippen LogP contribution in [-0.2, 0) is 4.79 Å². The van der Waals surface area contributed by atoms with Crippen molar-refractivity contribution < 1.29 is 14.3 Å². The summed E-state index contributed by atoms with van der Waals surface area (Å²) in [6.07, 6.45) is 2.69. The zero-order chi connectivity index (χ0) is 13.7. The van der Waals surface area contributed by atoms with Crippen molar-refractivity contribution in [1.82, 2.24) is 0 Å². The van der Waals surface area contributed by atoms with E-state index in [9.17, 15) is 14.3 Å². The van der Waals surface area contributed by atoms with Crippen molar-refractivity contribution >= 4 is 26.1 Å². The minimum atomic E-state index is -0.753. The van der Waals surface area contributed by atoms with Gasteiger partial charge in [0.2, 0.25) is 0 Å². The molecular formula is C14H20AsFO2. The van der Waals surface area contributed by atoms with Gasteiger partial charge in [0.25, 0.3) is 0 Å². The average molecular weight is 314 g/mol. The SMILES string of the molecule is CCCC[C@@H]([AsH]c1cc(C)c(F)c(C)c1)C(=O)O. The predicted molar refractivity (Wildman–Crippen MR) is 73.6 cm³/mol. The Balaban J connectivity index is 2.84. The van der Waals surface area contributed by atoms with E-state index < -0.39 is 21.7 Å². The van der Waals surface area contributed by atoms with Crippen LogP contribution in [0.3, 0.4) is 0 Å². The Kier molecular flexibility index (Phi) is 5.87. The van der Waals surface area contributed by atoms with Crippen LogP contribution in [0.2, 0.25) is 4.71 Å². The number of carboxylic acid groups (broad SMARTS) is 1. The third kappa shape index (κ3) is 4.13. The van der Waals surface area contributed by atoms with E-state index in [1.54, 1.807) is 13.8 Å². The molecule has 2 nitrogen and oxygen atoms in total. The molecule has 0 bridgehead atoms. The number of hydrogen-bond acceptors (Lipinski definition) is 1. The minimum absolute atomic E-state index is 0.175. The number of hydrogen-bond donors (Lipinski definition) is 1. The van der Waals surface area contributed by atoms with E-state index >= 15 is 0 Å². The fourth-order valence-corrected chi connectivity index (χ4v) is 4.99. The molecule has 1 rings (SSSR count). The maximum atomic E-state index is 13.5. The summed E-state index contributed by atoms with van der Waals surface area (Å²) in [4.78, 5) is 11.2. The Morgan fingerprint density at radius 2 is 1.94 bits per heavy atom. The monoisotopic (exact) mass is 314 g/mol. The summed E-state index contributed by atoms with van der Waals surface area (Å²) in [6.45, 7) is 5.53. The van der Waals surface area contributed by atoms with Gasteiger partial charge in [-0.3, -0.25) is 0 Å². The van der Waals surface area contributed by atoms with Gasteiger partial charge in [0, 0.05) is 0 Å². The number of aryl methyl sites for hydroxylation is 2. The third-order valence-corrected chi connectivity index (χ3v) is 6.08. The number of rotatable bonds is 6. The fraction of sp³-hybridized carbons (Fsp3) is 0.500. The Hall–Kier alpha value is -0.822. The van der Waals surface area contributed by atoms with Crippen LogP contribution in [0.15, 0.2) is 12.1 Å². The molecule has 2 atom stereocenters. The van der Waals surface area contributed by atoms with Gasteiger partial charge >= 0.3 is 114 Å². The number of benzene rings is 1. The Bertz CT molecular complexity index is 409. The number of carboxylic acids is 1. The van der Waals surface area contributed by atoms with Gasteiger partial charge in [-0.1, -0.05) is 0 Å². The van der Waals surface area contributed by atoms with E-state index in [1.165, 1.54) is 0 Å². The molecule has 1 aromatic rings. The summed E-state index contributed by atoms with van der Waals surface area (Å²) in [6, 6.07) is 3.62. The molecule has 18 heavy (non-hydrogen) atoms. The van der Waals surface area contributed by atoms with Gasteiger partial charge in [0.15, 0.2) is 0 Å². The molecule has 0 fully saturated rings. The first-order chi connectivity index (χ1) is 8.45. The summed E-state index contributed by atoms with van der Waals surface area (Å²) in [5.74, 6) is -0.881. The quantitative estimate of drug-likeness (QED) is 0.820. The second-order valence-electron chi connectivity index (χ2n) is 4.60. The summed E-state index contributed by atoms with van der Waals surface area (Å²) in [7, 11) is 0. The van der Waals surface area contributed by atoms with Crippen molar-refractivity contribution in [1.29, 1.82) is 0 Å². The van der Waals surface area contributed by atoms with E-state index in [0.29, 0.717) is 11.1 Å². The van der Waals surface area contributed by atoms with E-state index in [2.05, 4.69) is 6.92 Å². The summed E-state index contributed by atoms with van der Waals surface area (Å²) < 4.78 is 14.3. The second-order valence-corrected chi connectivity index (χ2v) is 7.88. The first-order valence-electron chi connectivity index (χ1n) is 6.21. The van der Waals surface area contributed by atoms with E-state index in [1.807, 2.05) is 12.1 Å². The molecule has 4 heteroatoms. The molecule has 1 unspecified atom stereocenters. The van der Waals surface area contributed by atoms with Crippen molar-refractivity contribution in [3.8, 4) is 0 Å². The van der Waals surface area contributed by atoms with Gasteiger partial charge in [0.05, 0.1) is 0 Å². The van der Waals surface area contributed by atoms with E-state index in [4.69, 9.17) is 0 Å². The zero-order valence-corrected chi connectivity index (χ0v) is 13.2. The van der Waals surface area contributed by atoms with Crippen molar-refractivity contribution in [3.63, 3.8) is 0 Å². The molecule has 0 heterocycles. The van der Waals surface area contributed by atoms with Gasteiger partial charge in [-0.15, -0.1) is 0 Å². The van der Waals surface area contributed by atoms with Crippen molar-refractivity contribution in [2.24, 2.45) is 0 Å². The van der Waals surface area contributed by atoms with Gasteiger partial charge in [0.1, 0.15) is 0 Å². The first kappa shape index (κ1) is 15.2. The fourth-order valence-electron chi connectivity index (χ4n) is 1.90. The molecule has 1 N–H and O–H groups in total. The van der Waals surface area contributed by atoms with E-state index in [-0.39, 0.29) is 10.5 Å². The van der Waals surface area contributed by atoms with Crippen molar-refractivity contribution in [2.45, 2.75) is 44.7 Å². The molecule has 0 aliphatic carbocycles. The molecule has 1 aromatic carbocycles. The average Bonchev–Trinajstić information content (AvgIpc) is 2.30. The predicted octanol–water partition coefficient (Wildman–Crippen LogP) is 2.57. The van der Waals surface area contributed by atoms with Gasteiger partial charge in [-0.25, -0.2) is 0 Å². The Labute approximate surface area is 114 Å². The maximum absolute atomic E-state index is 13.5. The molecule has 100 valence electrons. The number of carbonyl (C=O) groups is 1. The number of halogens is 1. The Morgan fingerprint density at radius 3 is 2.39 bits per heavy atom. The molecule has 0 aliphatic rings. The summed E-state index contributed by atoms with van der Waals surface area (Å²) in [5.41, 5.74) is 1.24. The molecule has 0 aliphatic heterocycles. The topological polar surface area (TPSA) is 37.3 Å². The summed E-state index contributed by atoms with van der Waals surface area (Å²) in [5, 5.41) is 9.21. The van der Waals surface area contributed by atoms with Crippen LogP contribution in [-0.4, -0.2) is 26.8 Å². The molecule has 0 spiro atoms. The van der Waals surface area contributed by atoms with Crippen molar-refractivity contribution in [3.05, 3.63) is 29.1 Å². The molecule has 0 radical (unpaired) electrons. The molecule has 0 aromatic heterocycles. The standard InChI is InChI=1S/C14H20AsFO2/c1-4-5-6-12(14(17)18)15-11-7-9(2)13(16)10(3)8-11/h7-8,12,15H,4-6H2,1-3H3,(H,17,18)/t12-/m1/s1. The van der Waals surface area contributed by atoms with Gasteiger partial charge in [-0.2, -0.15) is 0 Å². The number of aliphatic carboxylic acids is 1. The van der Waals surface area contributed by atoms with Crippen molar-refractivity contribution in [2.75, 3.05) is 0 Å². The molecule has 0 saturated carbocycles. The van der Waals surface area contributed by atoms with Crippen LogP contribution < -0.4 is 4.35 Å². The number of unbranched alkanes of at least 4 members (excludes halogenated alkanes) is 1. The normalized spacial score (nSPS) is 13.1.